The number of halogens is 1. The van der Waals surface area contributed by atoms with E-state index in [0.29, 0.717) is 18.5 Å². The molecule has 0 amide bonds. The normalized spacial score (nSPS) is 18.5. The van der Waals surface area contributed by atoms with Gasteiger partial charge in [0.15, 0.2) is 23.1 Å². The van der Waals surface area contributed by atoms with E-state index in [4.69, 9.17) is 14.2 Å². The molecule has 2 N–H and O–H groups in total. The lowest BCUT2D eigenvalue weighted by Crippen LogP contribution is -2.41. The van der Waals surface area contributed by atoms with Gasteiger partial charge in [-0.05, 0) is 56.6 Å². The van der Waals surface area contributed by atoms with Gasteiger partial charge in [0.05, 0.1) is 42.9 Å². The number of nitrogens with one attached hydrogen (secondary N) is 2. The lowest BCUT2D eigenvalue weighted by atomic mass is 9.88. The van der Waals surface area contributed by atoms with Crippen molar-refractivity contribution in [3.63, 3.8) is 0 Å². The van der Waals surface area contributed by atoms with E-state index in [2.05, 4.69) is 15.0 Å². The smallest absolute Gasteiger partial charge is 0.301 e. The SMILES string of the molecule is CCN(C)S(=O)(=O)Nc1ccc(F)c(Oc2ccc3ncn([C@H]4COC5(CCNCC5)C4)c(=O)c3c2OC)c1C#N. The average Bonchev–Trinajstić information content (AvgIpc) is 3.37. The van der Waals surface area contributed by atoms with Crippen molar-refractivity contribution in [1.29, 1.82) is 5.26 Å². The lowest BCUT2D eigenvalue weighted by Gasteiger charge is -2.32. The van der Waals surface area contributed by atoms with Crippen molar-refractivity contribution < 1.29 is 27.0 Å². The number of ether oxygens (including phenoxy) is 3. The first-order chi connectivity index (χ1) is 19.6. The number of rotatable bonds is 8. The number of hydrogen-bond donors (Lipinski definition) is 2. The minimum absolute atomic E-state index is 0.00448. The van der Waals surface area contributed by atoms with Gasteiger partial charge in [-0.25, -0.2) is 9.37 Å². The summed E-state index contributed by atoms with van der Waals surface area (Å²) in [5.41, 5.74) is -0.846. The first-order valence-corrected chi connectivity index (χ1v) is 14.6. The van der Waals surface area contributed by atoms with Gasteiger partial charge in [0, 0.05) is 13.6 Å². The van der Waals surface area contributed by atoms with E-state index in [0.717, 1.165) is 42.4 Å². The predicted octanol–water partition coefficient (Wildman–Crippen LogP) is 2.90. The Labute approximate surface area is 236 Å². The van der Waals surface area contributed by atoms with E-state index in [1.165, 1.54) is 37.2 Å². The number of nitrogens with zero attached hydrogens (tertiary/aromatic N) is 4. The molecule has 0 radical (unpaired) electrons. The van der Waals surface area contributed by atoms with E-state index in [9.17, 15) is 18.5 Å². The highest BCUT2D eigenvalue weighted by Crippen LogP contribution is 2.41. The highest BCUT2D eigenvalue weighted by molar-refractivity contribution is 7.90. The first kappa shape index (κ1) is 28.7. The third-order valence-corrected chi connectivity index (χ3v) is 9.26. The molecule has 2 aliphatic rings. The summed E-state index contributed by atoms with van der Waals surface area (Å²) in [4.78, 5) is 18.2. The summed E-state index contributed by atoms with van der Waals surface area (Å²) in [7, 11) is -1.30. The van der Waals surface area contributed by atoms with Crippen molar-refractivity contribution in [3.8, 4) is 23.3 Å². The van der Waals surface area contributed by atoms with Crippen molar-refractivity contribution in [2.45, 2.75) is 37.8 Å². The largest absolute Gasteiger partial charge is 0.492 e. The van der Waals surface area contributed by atoms with Gasteiger partial charge in [0.2, 0.25) is 0 Å². The Bertz CT molecular complexity index is 1680. The highest BCUT2D eigenvalue weighted by atomic mass is 32.2. The fourth-order valence-electron chi connectivity index (χ4n) is 5.30. The third-order valence-electron chi connectivity index (χ3n) is 7.70. The Morgan fingerprint density at radius 1 is 1.29 bits per heavy atom. The van der Waals surface area contributed by atoms with Crippen LogP contribution in [0.4, 0.5) is 10.1 Å². The van der Waals surface area contributed by atoms with Crippen molar-refractivity contribution in [2.24, 2.45) is 0 Å². The molecular weight excluding hydrogens is 555 g/mol. The minimum Gasteiger partial charge on any atom is -0.492 e. The lowest BCUT2D eigenvalue weighted by molar-refractivity contribution is -0.0196. The second kappa shape index (κ2) is 11.2. The molecule has 0 aliphatic carbocycles. The number of aromatic nitrogens is 2. The van der Waals surface area contributed by atoms with E-state index >= 15 is 4.39 Å². The Morgan fingerprint density at radius 2 is 2.05 bits per heavy atom. The van der Waals surface area contributed by atoms with E-state index in [-0.39, 0.29) is 51.9 Å². The van der Waals surface area contributed by atoms with Gasteiger partial charge < -0.3 is 19.5 Å². The van der Waals surface area contributed by atoms with E-state index in [1.54, 1.807) is 6.92 Å². The average molecular weight is 587 g/mol. The van der Waals surface area contributed by atoms with E-state index < -0.39 is 21.8 Å². The molecule has 3 heterocycles. The number of hydrogen-bond acceptors (Lipinski definition) is 9. The summed E-state index contributed by atoms with van der Waals surface area (Å²) in [6.07, 6.45) is 3.89. The predicted molar refractivity (Wildman–Crippen MR) is 149 cm³/mol. The molecule has 0 unspecified atom stereocenters. The number of methoxy groups -OCH3 is 1. The Hall–Kier alpha value is -3.77. The summed E-state index contributed by atoms with van der Waals surface area (Å²) >= 11 is 0. The van der Waals surface area contributed by atoms with Crippen molar-refractivity contribution in [3.05, 3.63) is 52.3 Å². The number of nitriles is 1. The second-order valence-electron chi connectivity index (χ2n) is 10.1. The van der Waals surface area contributed by atoms with Crippen LogP contribution in [0.15, 0.2) is 35.4 Å². The van der Waals surface area contributed by atoms with Crippen LogP contribution in [-0.4, -0.2) is 68.3 Å². The zero-order valence-electron chi connectivity index (χ0n) is 22.9. The van der Waals surface area contributed by atoms with Gasteiger partial charge >= 0.3 is 10.2 Å². The molecule has 2 saturated heterocycles. The van der Waals surface area contributed by atoms with Crippen molar-refractivity contribution in [2.75, 3.05) is 45.1 Å². The zero-order chi connectivity index (χ0) is 29.4. The van der Waals surface area contributed by atoms with Crippen LogP contribution in [0.5, 0.6) is 17.2 Å². The van der Waals surface area contributed by atoms with Crippen molar-refractivity contribution >= 4 is 26.8 Å². The molecule has 3 aromatic rings. The summed E-state index contributed by atoms with van der Waals surface area (Å²) in [5, 5.41) is 13.3. The third kappa shape index (κ3) is 5.33. The maximum Gasteiger partial charge on any atom is 0.301 e. The number of piperidine rings is 1. The number of fused-ring (bicyclic) bond motifs is 1. The van der Waals surface area contributed by atoms with Crippen LogP contribution < -0.4 is 25.1 Å². The molecule has 41 heavy (non-hydrogen) atoms. The molecule has 2 aromatic carbocycles. The van der Waals surface area contributed by atoms with Crippen LogP contribution in [0.25, 0.3) is 10.9 Å². The van der Waals surface area contributed by atoms with Crippen LogP contribution in [-0.2, 0) is 14.9 Å². The molecule has 5 rings (SSSR count). The van der Waals surface area contributed by atoms with Gasteiger partial charge in [-0.15, -0.1) is 0 Å². The molecule has 0 bridgehead atoms. The molecule has 1 spiro atoms. The highest BCUT2D eigenvalue weighted by Gasteiger charge is 2.42. The summed E-state index contributed by atoms with van der Waals surface area (Å²) in [6, 6.07) is 6.70. The first-order valence-electron chi connectivity index (χ1n) is 13.2. The number of anilines is 1. The zero-order valence-corrected chi connectivity index (χ0v) is 23.8. The quantitative estimate of drug-likeness (QED) is 0.407. The van der Waals surface area contributed by atoms with Gasteiger partial charge in [-0.2, -0.15) is 18.0 Å². The fraction of sp³-hybridized carbons (Fsp3) is 0.444. The molecule has 2 fully saturated rings. The summed E-state index contributed by atoms with van der Waals surface area (Å²) < 4.78 is 62.6. The van der Waals surface area contributed by atoms with Gasteiger partial charge in [0.1, 0.15) is 17.0 Å². The van der Waals surface area contributed by atoms with Crippen molar-refractivity contribution in [1.82, 2.24) is 19.2 Å². The Kier molecular flexibility index (Phi) is 7.89. The molecule has 1 aromatic heterocycles. The van der Waals surface area contributed by atoms with Gasteiger partial charge in [-0.3, -0.25) is 14.1 Å². The van der Waals surface area contributed by atoms with Crippen LogP contribution in [0.1, 0.15) is 37.8 Å². The Balaban J connectivity index is 1.54. The Morgan fingerprint density at radius 3 is 2.73 bits per heavy atom. The topological polar surface area (TPSA) is 148 Å². The second-order valence-corrected chi connectivity index (χ2v) is 11.9. The standard InChI is InChI=1S/C27H31FN6O6S/c1-4-33(2)41(36,37)32-20-6-5-19(28)24(18(20)14-29)40-22-8-7-21-23(25(22)38-3)26(35)34(16-31-21)17-13-27(39-15-17)9-11-30-12-10-27/h5-8,16-17,30,32H,4,9-13,15H2,1-3H3/t17-/m1/s1. The van der Waals surface area contributed by atoms with Gasteiger partial charge in [-0.1, -0.05) is 6.92 Å². The van der Waals surface area contributed by atoms with Crippen LogP contribution in [0.3, 0.4) is 0 Å². The van der Waals surface area contributed by atoms with E-state index in [1.807, 2.05) is 6.07 Å². The maximum atomic E-state index is 15.0. The molecule has 1 atom stereocenters. The fourth-order valence-corrected chi connectivity index (χ4v) is 6.24. The summed E-state index contributed by atoms with van der Waals surface area (Å²) in [5.74, 6) is -1.47. The summed E-state index contributed by atoms with van der Waals surface area (Å²) in [6.45, 7) is 3.89. The van der Waals surface area contributed by atoms with Crippen LogP contribution >= 0.6 is 0 Å². The van der Waals surface area contributed by atoms with Gasteiger partial charge in [0.25, 0.3) is 5.56 Å². The molecule has 2 aliphatic heterocycles. The molecule has 12 nitrogen and oxygen atoms in total. The monoisotopic (exact) mass is 586 g/mol. The maximum absolute atomic E-state index is 15.0. The molecular formula is C27H31FN6O6S. The van der Waals surface area contributed by atoms with Crippen LogP contribution in [0, 0.1) is 17.1 Å². The number of benzene rings is 2. The molecule has 14 heteroatoms. The molecule has 0 saturated carbocycles. The minimum atomic E-state index is -4.01. The van der Waals surface area contributed by atoms with Crippen LogP contribution in [0.2, 0.25) is 0 Å². The molecule has 218 valence electrons.